The number of nitrogens with zero attached hydrogens (tertiary/aromatic N) is 2. The highest BCUT2D eigenvalue weighted by Gasteiger charge is 2.20. The summed E-state index contributed by atoms with van der Waals surface area (Å²) in [5.41, 5.74) is 0.184. The topological polar surface area (TPSA) is 45.9 Å². The normalized spacial score (nSPS) is 10.2. The summed E-state index contributed by atoms with van der Waals surface area (Å²) in [5, 5.41) is 8.60. The molecule has 1 aromatic heterocycles. The van der Waals surface area contributed by atoms with Crippen LogP contribution >= 0.6 is 11.6 Å². The van der Waals surface area contributed by atoms with E-state index in [0.717, 1.165) is 0 Å². The van der Waals surface area contributed by atoms with E-state index in [1.165, 1.54) is 13.3 Å². The highest BCUT2D eigenvalue weighted by molar-refractivity contribution is 6.17. The van der Waals surface area contributed by atoms with Crippen LogP contribution in [0.3, 0.4) is 0 Å². The molecule has 0 amide bonds. The van der Waals surface area contributed by atoms with Crippen molar-refractivity contribution in [3.63, 3.8) is 0 Å². The fourth-order valence-electron chi connectivity index (χ4n) is 1.38. The summed E-state index contributed by atoms with van der Waals surface area (Å²) in [6, 6.07) is 1.81. The zero-order valence-electron chi connectivity index (χ0n) is 8.51. The predicted molar refractivity (Wildman–Crippen MR) is 54.6 cm³/mol. The van der Waals surface area contributed by atoms with Gasteiger partial charge in [0.25, 0.3) is 6.43 Å². The lowest BCUT2D eigenvalue weighted by atomic mass is 10.1. The summed E-state index contributed by atoms with van der Waals surface area (Å²) in [6.07, 6.45) is -1.67. The van der Waals surface area contributed by atoms with Crippen LogP contribution in [0.1, 0.15) is 23.2 Å². The van der Waals surface area contributed by atoms with Gasteiger partial charge in [-0.15, -0.1) is 11.6 Å². The van der Waals surface area contributed by atoms with E-state index in [1.807, 2.05) is 6.07 Å². The summed E-state index contributed by atoms with van der Waals surface area (Å²) < 4.78 is 30.3. The molecule has 0 atom stereocenters. The molecule has 6 heteroatoms. The van der Waals surface area contributed by atoms with E-state index in [-0.39, 0.29) is 23.6 Å². The molecule has 0 bridgehead atoms. The Bertz CT molecular complexity index is 418. The van der Waals surface area contributed by atoms with Gasteiger partial charge in [0.2, 0.25) is 0 Å². The maximum Gasteiger partial charge on any atom is 0.280 e. The van der Waals surface area contributed by atoms with Crippen molar-refractivity contribution in [3.05, 3.63) is 23.0 Å². The van der Waals surface area contributed by atoms with E-state index >= 15 is 0 Å². The van der Waals surface area contributed by atoms with E-state index in [0.29, 0.717) is 5.56 Å². The van der Waals surface area contributed by atoms with Crippen LogP contribution in [0.15, 0.2) is 6.20 Å². The molecule has 0 aromatic carbocycles. The third-order valence-electron chi connectivity index (χ3n) is 2.05. The van der Waals surface area contributed by atoms with Crippen LogP contribution in [-0.2, 0) is 12.3 Å². The second-order valence-corrected chi connectivity index (χ2v) is 3.22. The number of rotatable bonds is 4. The summed E-state index contributed by atoms with van der Waals surface area (Å²) >= 11 is 5.62. The van der Waals surface area contributed by atoms with Crippen molar-refractivity contribution < 1.29 is 13.5 Å². The van der Waals surface area contributed by atoms with Gasteiger partial charge in [0.05, 0.1) is 25.5 Å². The smallest absolute Gasteiger partial charge is 0.280 e. The Hall–Kier alpha value is -1.41. The minimum Gasteiger partial charge on any atom is -0.496 e. The van der Waals surface area contributed by atoms with Gasteiger partial charge in [-0.2, -0.15) is 5.26 Å². The Labute approximate surface area is 96.6 Å². The van der Waals surface area contributed by atoms with Crippen LogP contribution in [0.2, 0.25) is 0 Å². The molecule has 1 rings (SSSR count). The lowest BCUT2D eigenvalue weighted by molar-refractivity contribution is 0.144. The molecule has 0 fully saturated rings. The van der Waals surface area contributed by atoms with Crippen molar-refractivity contribution in [1.82, 2.24) is 4.98 Å². The van der Waals surface area contributed by atoms with Crippen LogP contribution in [0, 0.1) is 11.3 Å². The molecule has 0 saturated heterocycles. The molecule has 0 N–H and O–H groups in total. The lowest BCUT2D eigenvalue weighted by Crippen LogP contribution is -2.04. The van der Waals surface area contributed by atoms with Crippen LogP contribution < -0.4 is 4.74 Å². The van der Waals surface area contributed by atoms with E-state index in [2.05, 4.69) is 4.98 Å². The van der Waals surface area contributed by atoms with Crippen molar-refractivity contribution in [1.29, 1.82) is 5.26 Å². The molecule has 0 aliphatic carbocycles. The summed E-state index contributed by atoms with van der Waals surface area (Å²) in [4.78, 5) is 3.61. The van der Waals surface area contributed by atoms with Gasteiger partial charge in [0, 0.05) is 17.3 Å². The molecule has 16 heavy (non-hydrogen) atoms. The Morgan fingerprint density at radius 2 is 2.31 bits per heavy atom. The van der Waals surface area contributed by atoms with Crippen LogP contribution in [0.4, 0.5) is 8.78 Å². The predicted octanol–water partition coefficient (Wildman–Crippen LogP) is 2.83. The van der Waals surface area contributed by atoms with E-state index in [1.54, 1.807) is 0 Å². The highest BCUT2D eigenvalue weighted by Crippen LogP contribution is 2.32. The van der Waals surface area contributed by atoms with Crippen LogP contribution in [0.5, 0.6) is 5.75 Å². The molecule has 0 spiro atoms. The fourth-order valence-corrected chi connectivity index (χ4v) is 1.57. The van der Waals surface area contributed by atoms with Crippen LogP contribution in [-0.4, -0.2) is 12.1 Å². The molecule has 0 aliphatic rings. The average Bonchev–Trinajstić information content (AvgIpc) is 2.28. The molecule has 0 radical (unpaired) electrons. The van der Waals surface area contributed by atoms with Crippen molar-refractivity contribution >= 4 is 11.6 Å². The zero-order valence-corrected chi connectivity index (χ0v) is 9.26. The van der Waals surface area contributed by atoms with Gasteiger partial charge in [0.15, 0.2) is 0 Å². The molecule has 0 unspecified atom stereocenters. The van der Waals surface area contributed by atoms with Gasteiger partial charge in [-0.3, -0.25) is 4.98 Å². The van der Waals surface area contributed by atoms with E-state index in [4.69, 9.17) is 21.6 Å². The van der Waals surface area contributed by atoms with E-state index in [9.17, 15) is 8.78 Å². The van der Waals surface area contributed by atoms with Crippen LogP contribution in [0.25, 0.3) is 0 Å². The van der Waals surface area contributed by atoms with Crippen molar-refractivity contribution in [2.24, 2.45) is 0 Å². The van der Waals surface area contributed by atoms with Gasteiger partial charge in [-0.05, 0) is 0 Å². The Morgan fingerprint density at radius 3 is 2.75 bits per heavy atom. The number of halogens is 3. The van der Waals surface area contributed by atoms with Gasteiger partial charge in [-0.1, -0.05) is 0 Å². The standard InChI is InChI=1S/C10H9ClF2N2O/c1-16-9-6(4-11)5-15-8(10(12)13)7(9)2-3-14/h5,10H,2,4H2,1H3. The maximum atomic E-state index is 12.6. The second-order valence-electron chi connectivity index (χ2n) is 2.95. The average molecular weight is 247 g/mol. The number of methoxy groups -OCH3 is 1. The quantitative estimate of drug-likeness (QED) is 0.768. The van der Waals surface area contributed by atoms with Gasteiger partial charge in [0.1, 0.15) is 11.4 Å². The third kappa shape index (κ3) is 2.39. The number of nitriles is 1. The van der Waals surface area contributed by atoms with Gasteiger partial charge in [-0.25, -0.2) is 8.78 Å². The molecular formula is C10H9ClF2N2O. The second kappa shape index (κ2) is 5.61. The summed E-state index contributed by atoms with van der Waals surface area (Å²) in [7, 11) is 1.35. The number of ether oxygens (including phenoxy) is 1. The number of hydrogen-bond acceptors (Lipinski definition) is 3. The van der Waals surface area contributed by atoms with Gasteiger partial charge < -0.3 is 4.74 Å². The first-order valence-corrected chi connectivity index (χ1v) is 4.94. The monoisotopic (exact) mass is 246 g/mol. The first-order valence-electron chi connectivity index (χ1n) is 4.41. The molecule has 3 nitrogen and oxygen atoms in total. The van der Waals surface area contributed by atoms with Gasteiger partial charge >= 0.3 is 0 Å². The summed E-state index contributed by atoms with van der Waals surface area (Å²) in [5.74, 6) is 0.319. The highest BCUT2D eigenvalue weighted by atomic mass is 35.5. The molecular weight excluding hydrogens is 238 g/mol. The third-order valence-corrected chi connectivity index (χ3v) is 2.33. The summed E-state index contributed by atoms with van der Waals surface area (Å²) in [6.45, 7) is 0. The number of alkyl halides is 3. The number of aromatic nitrogens is 1. The van der Waals surface area contributed by atoms with Crippen molar-refractivity contribution in [2.75, 3.05) is 7.11 Å². The SMILES string of the molecule is COc1c(CCl)cnc(C(F)F)c1CC#N. The zero-order chi connectivity index (χ0) is 12.1. The van der Waals surface area contributed by atoms with Crippen molar-refractivity contribution in [3.8, 4) is 11.8 Å². The van der Waals surface area contributed by atoms with Crippen molar-refractivity contribution in [2.45, 2.75) is 18.7 Å². The fraction of sp³-hybridized carbons (Fsp3) is 0.400. The first kappa shape index (κ1) is 12.7. The number of pyridine rings is 1. The largest absolute Gasteiger partial charge is 0.496 e. The molecule has 86 valence electrons. The minimum atomic E-state index is -2.73. The molecule has 1 heterocycles. The molecule has 0 aliphatic heterocycles. The maximum absolute atomic E-state index is 12.6. The first-order chi connectivity index (χ1) is 7.65. The molecule has 0 saturated carbocycles. The Morgan fingerprint density at radius 1 is 1.62 bits per heavy atom. The Balaban J connectivity index is 3.38. The Kier molecular flexibility index (Phi) is 4.44. The lowest BCUT2D eigenvalue weighted by Gasteiger charge is -2.13. The minimum absolute atomic E-state index is 0.0954. The van der Waals surface area contributed by atoms with E-state index < -0.39 is 12.1 Å². The molecule has 1 aromatic rings. The number of hydrogen-bond donors (Lipinski definition) is 0.